The number of fused-ring (bicyclic) bond motifs is 3. The van der Waals surface area contributed by atoms with Crippen LogP contribution in [0.15, 0.2) is 47.4 Å². The summed E-state index contributed by atoms with van der Waals surface area (Å²) in [4.78, 5) is 1.39. The van der Waals surface area contributed by atoms with Crippen molar-refractivity contribution >= 4 is 11.8 Å². The molecule has 2 aromatic carbocycles. The molecule has 0 unspecified atom stereocenters. The molecular formula is C15H15NS. The maximum Gasteiger partial charge on any atom is 0.0114 e. The molecule has 0 heterocycles. The van der Waals surface area contributed by atoms with Gasteiger partial charge < -0.3 is 5.73 Å². The smallest absolute Gasteiger partial charge is 0.0114 e. The molecule has 0 aromatic heterocycles. The largest absolute Gasteiger partial charge is 0.330 e. The van der Waals surface area contributed by atoms with Crippen LogP contribution in [0.4, 0.5) is 0 Å². The Morgan fingerprint density at radius 3 is 2.71 bits per heavy atom. The minimum atomic E-state index is 0.737. The molecule has 1 aliphatic carbocycles. The van der Waals surface area contributed by atoms with E-state index in [-0.39, 0.29) is 0 Å². The number of hydrogen-bond donors (Lipinski definition) is 1. The minimum absolute atomic E-state index is 0.737. The molecule has 17 heavy (non-hydrogen) atoms. The van der Waals surface area contributed by atoms with Crippen LogP contribution in [-0.2, 0) is 6.42 Å². The summed E-state index contributed by atoms with van der Waals surface area (Å²) in [6.07, 6.45) is 1.07. The summed E-state index contributed by atoms with van der Waals surface area (Å²) in [5.74, 6) is 0.993. The van der Waals surface area contributed by atoms with Crippen molar-refractivity contribution in [3.63, 3.8) is 0 Å². The van der Waals surface area contributed by atoms with Crippen LogP contribution in [0.5, 0.6) is 0 Å². The molecule has 0 amide bonds. The molecule has 0 radical (unpaired) electrons. The van der Waals surface area contributed by atoms with E-state index in [4.69, 9.17) is 5.73 Å². The van der Waals surface area contributed by atoms with E-state index in [9.17, 15) is 0 Å². The highest BCUT2D eigenvalue weighted by molar-refractivity contribution is 7.99. The average molecular weight is 241 g/mol. The molecule has 2 heteroatoms. The van der Waals surface area contributed by atoms with E-state index in [2.05, 4.69) is 42.5 Å². The first-order valence-corrected chi connectivity index (χ1v) is 6.92. The summed E-state index contributed by atoms with van der Waals surface area (Å²) in [7, 11) is 0. The lowest BCUT2D eigenvalue weighted by atomic mass is 10.1. The van der Waals surface area contributed by atoms with Crippen LogP contribution in [0.2, 0.25) is 0 Å². The second kappa shape index (κ2) is 4.55. The molecule has 1 nitrogen and oxygen atoms in total. The lowest BCUT2D eigenvalue weighted by molar-refractivity contribution is 1.14. The summed E-state index contributed by atoms with van der Waals surface area (Å²) >= 11 is 1.87. The Labute approximate surface area is 106 Å². The molecule has 0 fully saturated rings. The Balaban J connectivity index is 2.05. The number of rotatable bonds is 3. The van der Waals surface area contributed by atoms with Crippen molar-refractivity contribution < 1.29 is 0 Å². The van der Waals surface area contributed by atoms with Crippen LogP contribution in [0.3, 0.4) is 0 Å². The van der Waals surface area contributed by atoms with E-state index in [1.807, 2.05) is 11.8 Å². The third-order valence-corrected chi connectivity index (χ3v) is 4.32. The Morgan fingerprint density at radius 1 is 1.00 bits per heavy atom. The minimum Gasteiger partial charge on any atom is -0.330 e. The van der Waals surface area contributed by atoms with Crippen LogP contribution in [0.1, 0.15) is 11.1 Å². The van der Waals surface area contributed by atoms with Crippen LogP contribution < -0.4 is 5.73 Å². The van der Waals surface area contributed by atoms with Crippen molar-refractivity contribution in [2.75, 3.05) is 12.3 Å². The van der Waals surface area contributed by atoms with Crippen molar-refractivity contribution in [1.82, 2.24) is 0 Å². The van der Waals surface area contributed by atoms with Crippen LogP contribution >= 0.6 is 11.8 Å². The molecule has 0 saturated heterocycles. The molecule has 2 aromatic rings. The van der Waals surface area contributed by atoms with Gasteiger partial charge in [-0.15, -0.1) is 11.8 Å². The van der Waals surface area contributed by atoms with Crippen molar-refractivity contribution in [1.29, 1.82) is 0 Å². The first-order chi connectivity index (χ1) is 8.40. The lowest BCUT2D eigenvalue weighted by Crippen LogP contribution is -2.01. The van der Waals surface area contributed by atoms with Gasteiger partial charge in [-0.05, 0) is 34.7 Å². The van der Waals surface area contributed by atoms with Crippen molar-refractivity contribution in [3.8, 4) is 11.1 Å². The molecule has 0 saturated carbocycles. The van der Waals surface area contributed by atoms with Gasteiger partial charge in [0.25, 0.3) is 0 Å². The number of benzene rings is 2. The Bertz CT molecular complexity index is 548. The van der Waals surface area contributed by atoms with Gasteiger partial charge in [0.15, 0.2) is 0 Å². The summed E-state index contributed by atoms with van der Waals surface area (Å²) in [6, 6.07) is 15.3. The quantitative estimate of drug-likeness (QED) is 0.712. The third kappa shape index (κ3) is 1.88. The number of thioether (sulfide) groups is 1. The first-order valence-electron chi connectivity index (χ1n) is 5.93. The van der Waals surface area contributed by atoms with Crippen LogP contribution in [-0.4, -0.2) is 12.3 Å². The van der Waals surface area contributed by atoms with Gasteiger partial charge in [0.2, 0.25) is 0 Å². The zero-order valence-electron chi connectivity index (χ0n) is 9.65. The zero-order chi connectivity index (χ0) is 11.7. The summed E-state index contributed by atoms with van der Waals surface area (Å²) < 4.78 is 0. The topological polar surface area (TPSA) is 26.0 Å². The molecule has 86 valence electrons. The maximum atomic E-state index is 5.58. The highest BCUT2D eigenvalue weighted by atomic mass is 32.2. The summed E-state index contributed by atoms with van der Waals surface area (Å²) in [5, 5.41) is 0. The van der Waals surface area contributed by atoms with E-state index in [1.54, 1.807) is 0 Å². The Hall–Kier alpha value is -1.25. The Morgan fingerprint density at radius 2 is 1.82 bits per heavy atom. The van der Waals surface area contributed by atoms with Gasteiger partial charge in [-0.3, -0.25) is 0 Å². The van der Waals surface area contributed by atoms with Gasteiger partial charge in [0.05, 0.1) is 0 Å². The predicted molar refractivity (Wildman–Crippen MR) is 74.5 cm³/mol. The standard InChI is InChI=1S/C15H15NS/c16-8-9-17-15-7-3-6-13-12-5-2-1-4-11(12)10-14(13)15/h1-7H,8-10,16H2. The monoisotopic (exact) mass is 241 g/mol. The van der Waals surface area contributed by atoms with Gasteiger partial charge in [-0.1, -0.05) is 36.4 Å². The van der Waals surface area contributed by atoms with E-state index in [0.29, 0.717) is 0 Å². The molecule has 0 bridgehead atoms. The lowest BCUT2D eigenvalue weighted by Gasteiger charge is -2.07. The highest BCUT2D eigenvalue weighted by Gasteiger charge is 2.19. The third-order valence-electron chi connectivity index (χ3n) is 3.18. The van der Waals surface area contributed by atoms with Crippen LogP contribution in [0.25, 0.3) is 11.1 Å². The Kier molecular flexibility index (Phi) is 2.91. The predicted octanol–water partition coefficient (Wildman–Crippen LogP) is 3.31. The zero-order valence-corrected chi connectivity index (χ0v) is 10.5. The summed E-state index contributed by atoms with van der Waals surface area (Å²) in [5.41, 5.74) is 11.3. The second-order valence-corrected chi connectivity index (χ2v) is 5.39. The fourth-order valence-electron chi connectivity index (χ4n) is 2.43. The van der Waals surface area contributed by atoms with E-state index in [0.717, 1.165) is 18.7 Å². The fourth-order valence-corrected chi connectivity index (χ4v) is 3.30. The first kappa shape index (κ1) is 10.9. The SMILES string of the molecule is NCCSc1cccc2c1Cc1ccccc1-2. The van der Waals surface area contributed by atoms with Gasteiger partial charge >= 0.3 is 0 Å². The van der Waals surface area contributed by atoms with Gasteiger partial charge in [0.1, 0.15) is 0 Å². The van der Waals surface area contributed by atoms with E-state index >= 15 is 0 Å². The van der Waals surface area contributed by atoms with Crippen molar-refractivity contribution in [2.45, 2.75) is 11.3 Å². The van der Waals surface area contributed by atoms with E-state index < -0.39 is 0 Å². The second-order valence-electron chi connectivity index (χ2n) is 4.25. The van der Waals surface area contributed by atoms with Crippen molar-refractivity contribution in [3.05, 3.63) is 53.6 Å². The molecule has 1 aliphatic rings. The molecule has 3 rings (SSSR count). The van der Waals surface area contributed by atoms with Gasteiger partial charge in [-0.25, -0.2) is 0 Å². The molecular weight excluding hydrogens is 226 g/mol. The average Bonchev–Trinajstić information content (AvgIpc) is 2.75. The molecule has 0 atom stereocenters. The summed E-state index contributed by atoms with van der Waals surface area (Å²) in [6.45, 7) is 0.737. The highest BCUT2D eigenvalue weighted by Crippen LogP contribution is 2.40. The fraction of sp³-hybridized carbons (Fsp3) is 0.200. The van der Waals surface area contributed by atoms with Gasteiger partial charge in [0, 0.05) is 17.2 Å². The molecule has 2 N–H and O–H groups in total. The van der Waals surface area contributed by atoms with Crippen LogP contribution in [0, 0.1) is 0 Å². The number of nitrogens with two attached hydrogens (primary N) is 1. The van der Waals surface area contributed by atoms with E-state index in [1.165, 1.54) is 27.1 Å². The maximum absolute atomic E-state index is 5.58. The molecule has 0 spiro atoms. The molecule has 0 aliphatic heterocycles. The number of hydrogen-bond acceptors (Lipinski definition) is 2. The van der Waals surface area contributed by atoms with Crippen molar-refractivity contribution in [2.24, 2.45) is 5.73 Å². The normalized spacial score (nSPS) is 12.3. The van der Waals surface area contributed by atoms with Gasteiger partial charge in [-0.2, -0.15) is 0 Å².